The van der Waals surface area contributed by atoms with Crippen LogP contribution in [0.25, 0.3) is 0 Å². The number of ether oxygens (including phenoxy) is 2. The van der Waals surface area contributed by atoms with Gasteiger partial charge >= 0.3 is 0 Å². The first-order chi connectivity index (χ1) is 11.8. The van der Waals surface area contributed by atoms with Crippen LogP contribution in [0.2, 0.25) is 0 Å². The molecular formula is C22H42O2. The van der Waals surface area contributed by atoms with Gasteiger partial charge in [-0.1, -0.05) is 77.2 Å². The summed E-state index contributed by atoms with van der Waals surface area (Å²) in [6.07, 6.45) is 23.7. The minimum Gasteiger partial charge on any atom is -0.353 e. The molecule has 0 saturated carbocycles. The maximum Gasteiger partial charge on any atom is 0.157 e. The Morgan fingerprint density at radius 1 is 0.625 bits per heavy atom. The maximum atomic E-state index is 5.76. The SMILES string of the molecule is CCCC/C=C/C=C\CCCCCCCC(OCCC)OCCC. The van der Waals surface area contributed by atoms with Gasteiger partial charge in [-0.2, -0.15) is 0 Å². The van der Waals surface area contributed by atoms with E-state index < -0.39 is 0 Å². The van der Waals surface area contributed by atoms with Gasteiger partial charge in [-0.05, 0) is 44.9 Å². The van der Waals surface area contributed by atoms with Gasteiger partial charge in [-0.25, -0.2) is 0 Å². The van der Waals surface area contributed by atoms with Crippen LogP contribution in [0.1, 0.15) is 97.8 Å². The van der Waals surface area contributed by atoms with Crippen LogP contribution in [0.4, 0.5) is 0 Å². The van der Waals surface area contributed by atoms with Gasteiger partial charge in [-0.15, -0.1) is 0 Å². The highest BCUT2D eigenvalue weighted by molar-refractivity contribution is 5.02. The minimum absolute atomic E-state index is 0.0207. The third kappa shape index (κ3) is 17.7. The van der Waals surface area contributed by atoms with E-state index >= 15 is 0 Å². The number of hydrogen-bond acceptors (Lipinski definition) is 2. The van der Waals surface area contributed by atoms with Crippen LogP contribution in [0, 0.1) is 0 Å². The van der Waals surface area contributed by atoms with Gasteiger partial charge in [0.05, 0.1) is 0 Å². The van der Waals surface area contributed by atoms with Gasteiger partial charge in [0.2, 0.25) is 0 Å². The number of rotatable bonds is 18. The summed E-state index contributed by atoms with van der Waals surface area (Å²) < 4.78 is 11.5. The summed E-state index contributed by atoms with van der Waals surface area (Å²) in [6.45, 7) is 8.15. The lowest BCUT2D eigenvalue weighted by molar-refractivity contribution is -0.146. The van der Waals surface area contributed by atoms with Crippen LogP contribution in [0.15, 0.2) is 24.3 Å². The first-order valence-corrected chi connectivity index (χ1v) is 10.4. The molecule has 0 bridgehead atoms. The molecule has 2 nitrogen and oxygen atoms in total. The largest absolute Gasteiger partial charge is 0.353 e. The van der Waals surface area contributed by atoms with Crippen LogP contribution in [0.3, 0.4) is 0 Å². The molecule has 0 spiro atoms. The summed E-state index contributed by atoms with van der Waals surface area (Å²) >= 11 is 0. The molecule has 0 unspecified atom stereocenters. The van der Waals surface area contributed by atoms with Crippen molar-refractivity contribution in [3.05, 3.63) is 24.3 Å². The standard InChI is InChI=1S/C22H42O2/c1-4-7-8-9-10-11-12-13-14-15-16-17-18-19-22(23-20-5-2)24-21-6-3/h9-12,22H,4-8,13-21H2,1-3H3/b10-9+,12-11-. The predicted octanol–water partition coefficient (Wildman–Crippen LogP) is 7.20. The first-order valence-electron chi connectivity index (χ1n) is 10.4. The quantitative estimate of drug-likeness (QED) is 0.149. The van der Waals surface area contributed by atoms with Crippen molar-refractivity contribution in [3.63, 3.8) is 0 Å². The Hall–Kier alpha value is -0.600. The van der Waals surface area contributed by atoms with Crippen molar-refractivity contribution in [1.29, 1.82) is 0 Å². The van der Waals surface area contributed by atoms with Gasteiger partial charge in [0.25, 0.3) is 0 Å². The smallest absolute Gasteiger partial charge is 0.157 e. The van der Waals surface area contributed by atoms with Gasteiger partial charge < -0.3 is 9.47 Å². The zero-order valence-corrected chi connectivity index (χ0v) is 16.6. The summed E-state index contributed by atoms with van der Waals surface area (Å²) in [7, 11) is 0. The molecule has 0 fully saturated rings. The zero-order valence-electron chi connectivity index (χ0n) is 16.6. The predicted molar refractivity (Wildman–Crippen MR) is 106 cm³/mol. The van der Waals surface area contributed by atoms with E-state index in [1.54, 1.807) is 0 Å². The molecule has 0 N–H and O–H groups in total. The Morgan fingerprint density at radius 2 is 1.17 bits per heavy atom. The Morgan fingerprint density at radius 3 is 1.75 bits per heavy atom. The van der Waals surface area contributed by atoms with E-state index in [0.29, 0.717) is 0 Å². The summed E-state index contributed by atoms with van der Waals surface area (Å²) in [5.74, 6) is 0. The van der Waals surface area contributed by atoms with E-state index in [1.165, 1.54) is 57.8 Å². The lowest BCUT2D eigenvalue weighted by atomic mass is 10.1. The fourth-order valence-corrected chi connectivity index (χ4v) is 2.49. The van der Waals surface area contributed by atoms with E-state index in [4.69, 9.17) is 9.47 Å². The third-order valence-corrected chi connectivity index (χ3v) is 3.93. The van der Waals surface area contributed by atoms with E-state index in [-0.39, 0.29) is 6.29 Å². The van der Waals surface area contributed by atoms with E-state index in [1.807, 2.05) is 0 Å². The summed E-state index contributed by atoms with van der Waals surface area (Å²) in [5.41, 5.74) is 0. The molecule has 0 aromatic carbocycles. The summed E-state index contributed by atoms with van der Waals surface area (Å²) in [4.78, 5) is 0. The molecule has 0 aliphatic heterocycles. The molecule has 0 aromatic rings. The Bertz CT molecular complexity index is 276. The highest BCUT2D eigenvalue weighted by Crippen LogP contribution is 2.12. The lowest BCUT2D eigenvalue weighted by Crippen LogP contribution is -2.18. The zero-order chi connectivity index (χ0) is 17.7. The topological polar surface area (TPSA) is 18.5 Å². The highest BCUT2D eigenvalue weighted by Gasteiger charge is 2.07. The molecule has 0 aliphatic rings. The lowest BCUT2D eigenvalue weighted by Gasteiger charge is -2.18. The average Bonchev–Trinajstić information content (AvgIpc) is 2.60. The number of allylic oxidation sites excluding steroid dienone is 4. The third-order valence-electron chi connectivity index (χ3n) is 3.93. The molecule has 0 aromatic heterocycles. The van der Waals surface area contributed by atoms with Crippen molar-refractivity contribution >= 4 is 0 Å². The molecule has 0 radical (unpaired) electrons. The van der Waals surface area contributed by atoms with Crippen molar-refractivity contribution in [2.24, 2.45) is 0 Å². The van der Waals surface area contributed by atoms with Crippen molar-refractivity contribution < 1.29 is 9.47 Å². The van der Waals surface area contributed by atoms with Crippen molar-refractivity contribution in [3.8, 4) is 0 Å². The molecule has 2 heteroatoms. The molecule has 0 aliphatic carbocycles. The monoisotopic (exact) mass is 338 g/mol. The minimum atomic E-state index is 0.0207. The van der Waals surface area contributed by atoms with E-state index in [2.05, 4.69) is 45.1 Å². The number of unbranched alkanes of at least 4 members (excludes halogenated alkanes) is 7. The normalized spacial score (nSPS) is 12.2. The second kappa shape index (κ2) is 20.4. The summed E-state index contributed by atoms with van der Waals surface area (Å²) in [6, 6.07) is 0. The second-order valence-corrected chi connectivity index (χ2v) is 6.51. The van der Waals surface area contributed by atoms with Crippen LogP contribution in [0.5, 0.6) is 0 Å². The maximum absolute atomic E-state index is 5.76. The Balaban J connectivity index is 3.46. The molecule has 0 saturated heterocycles. The molecule has 0 amide bonds. The Kier molecular flexibility index (Phi) is 19.9. The van der Waals surface area contributed by atoms with Gasteiger partial charge in [0.15, 0.2) is 6.29 Å². The summed E-state index contributed by atoms with van der Waals surface area (Å²) in [5, 5.41) is 0. The van der Waals surface area contributed by atoms with Crippen LogP contribution in [-0.2, 0) is 9.47 Å². The average molecular weight is 339 g/mol. The molecular weight excluding hydrogens is 296 g/mol. The van der Waals surface area contributed by atoms with Gasteiger partial charge in [-0.3, -0.25) is 0 Å². The first kappa shape index (κ1) is 23.4. The van der Waals surface area contributed by atoms with Gasteiger partial charge in [0.1, 0.15) is 0 Å². The van der Waals surface area contributed by atoms with E-state index in [9.17, 15) is 0 Å². The molecule has 0 heterocycles. The van der Waals surface area contributed by atoms with E-state index in [0.717, 1.165) is 32.5 Å². The van der Waals surface area contributed by atoms with Gasteiger partial charge in [0, 0.05) is 13.2 Å². The van der Waals surface area contributed by atoms with Crippen molar-refractivity contribution in [2.45, 2.75) is 104 Å². The Labute approximate surface area is 151 Å². The molecule has 24 heavy (non-hydrogen) atoms. The van der Waals surface area contributed by atoms with Crippen molar-refractivity contribution in [2.75, 3.05) is 13.2 Å². The molecule has 0 rings (SSSR count). The number of hydrogen-bond donors (Lipinski definition) is 0. The van der Waals surface area contributed by atoms with Crippen LogP contribution < -0.4 is 0 Å². The second-order valence-electron chi connectivity index (χ2n) is 6.51. The van der Waals surface area contributed by atoms with Crippen molar-refractivity contribution in [1.82, 2.24) is 0 Å². The van der Waals surface area contributed by atoms with Crippen LogP contribution in [-0.4, -0.2) is 19.5 Å². The molecule has 142 valence electrons. The van der Waals surface area contributed by atoms with Crippen LogP contribution >= 0.6 is 0 Å². The molecule has 0 atom stereocenters. The fraction of sp³-hybridized carbons (Fsp3) is 0.818. The highest BCUT2D eigenvalue weighted by atomic mass is 16.7. The fourth-order valence-electron chi connectivity index (χ4n) is 2.49.